The Morgan fingerprint density at radius 1 is 1.35 bits per heavy atom. The third kappa shape index (κ3) is 3.04. The molecule has 0 bridgehead atoms. The number of hydrogen-bond acceptors (Lipinski definition) is 2. The number of carbonyl (C=O) groups excluding carboxylic acids is 1. The largest absolute Gasteiger partial charge is 0.352 e. The monoisotopic (exact) mass is 272 g/mol. The molecule has 1 heterocycles. The first-order chi connectivity index (χ1) is 9.72. The van der Waals surface area contributed by atoms with Crippen LogP contribution in [0.15, 0.2) is 18.2 Å². The van der Waals surface area contributed by atoms with Gasteiger partial charge in [0.15, 0.2) is 0 Å². The maximum Gasteiger partial charge on any atom is 0.224 e. The van der Waals surface area contributed by atoms with Crippen molar-refractivity contribution < 1.29 is 4.79 Å². The van der Waals surface area contributed by atoms with E-state index in [0.29, 0.717) is 12.3 Å². The summed E-state index contributed by atoms with van der Waals surface area (Å²) in [5, 5.41) is 6.54. The molecular formula is C17H24N2O. The molecule has 1 saturated heterocycles. The molecule has 1 fully saturated rings. The van der Waals surface area contributed by atoms with E-state index < -0.39 is 0 Å². The third-order valence-electron chi connectivity index (χ3n) is 4.70. The van der Waals surface area contributed by atoms with Crippen LogP contribution >= 0.6 is 0 Å². The Morgan fingerprint density at radius 3 is 3.05 bits per heavy atom. The second-order valence-electron chi connectivity index (χ2n) is 6.28. The topological polar surface area (TPSA) is 41.1 Å². The molecule has 3 rings (SSSR count). The molecule has 0 radical (unpaired) electrons. The molecule has 0 spiro atoms. The second kappa shape index (κ2) is 5.96. The minimum atomic E-state index is 0.156. The number of hydrogen-bond donors (Lipinski definition) is 2. The molecule has 2 atom stereocenters. The van der Waals surface area contributed by atoms with Crippen molar-refractivity contribution in [1.29, 1.82) is 0 Å². The van der Waals surface area contributed by atoms with Crippen molar-refractivity contribution in [3.63, 3.8) is 0 Å². The molecule has 1 aliphatic carbocycles. The Kier molecular flexibility index (Phi) is 4.06. The summed E-state index contributed by atoms with van der Waals surface area (Å²) < 4.78 is 0. The van der Waals surface area contributed by atoms with Crippen LogP contribution in [0.5, 0.6) is 0 Å². The molecule has 108 valence electrons. The average Bonchev–Trinajstić information content (AvgIpc) is 2.89. The zero-order valence-electron chi connectivity index (χ0n) is 12.2. The molecule has 1 aliphatic heterocycles. The summed E-state index contributed by atoms with van der Waals surface area (Å²) in [5.41, 5.74) is 4.07. The van der Waals surface area contributed by atoms with Gasteiger partial charge in [-0.1, -0.05) is 25.1 Å². The quantitative estimate of drug-likeness (QED) is 0.881. The molecule has 2 N–H and O–H groups in total. The Morgan fingerprint density at radius 2 is 2.20 bits per heavy atom. The van der Waals surface area contributed by atoms with E-state index in [9.17, 15) is 4.79 Å². The van der Waals surface area contributed by atoms with Crippen molar-refractivity contribution in [2.75, 3.05) is 13.1 Å². The van der Waals surface area contributed by atoms with Gasteiger partial charge in [-0.2, -0.15) is 0 Å². The molecule has 20 heavy (non-hydrogen) atoms. The normalized spacial score (nSPS) is 25.2. The molecule has 0 aromatic heterocycles. The number of piperidine rings is 1. The van der Waals surface area contributed by atoms with Crippen molar-refractivity contribution in [3.8, 4) is 0 Å². The summed E-state index contributed by atoms with van der Waals surface area (Å²) in [5.74, 6) is 0.726. The molecule has 1 aromatic carbocycles. The van der Waals surface area contributed by atoms with Gasteiger partial charge in [0.25, 0.3) is 0 Å². The first kappa shape index (κ1) is 13.6. The summed E-state index contributed by atoms with van der Waals surface area (Å²) >= 11 is 0. The van der Waals surface area contributed by atoms with Crippen LogP contribution in [0.25, 0.3) is 0 Å². The number of amides is 1. The lowest BCUT2D eigenvalue weighted by molar-refractivity contribution is -0.121. The van der Waals surface area contributed by atoms with Crippen LogP contribution < -0.4 is 10.6 Å². The van der Waals surface area contributed by atoms with Crippen LogP contribution in [0.3, 0.4) is 0 Å². The summed E-state index contributed by atoms with van der Waals surface area (Å²) in [4.78, 5) is 12.2. The highest BCUT2D eigenvalue weighted by atomic mass is 16.1. The second-order valence-corrected chi connectivity index (χ2v) is 6.28. The van der Waals surface area contributed by atoms with Gasteiger partial charge in [0, 0.05) is 12.6 Å². The van der Waals surface area contributed by atoms with Gasteiger partial charge in [-0.05, 0) is 54.8 Å². The lowest BCUT2D eigenvalue weighted by Crippen LogP contribution is -2.50. The first-order valence-corrected chi connectivity index (χ1v) is 7.83. The molecule has 3 heteroatoms. The van der Waals surface area contributed by atoms with Gasteiger partial charge in [0.1, 0.15) is 0 Å². The van der Waals surface area contributed by atoms with Gasteiger partial charge in [-0.3, -0.25) is 4.79 Å². The average molecular weight is 272 g/mol. The van der Waals surface area contributed by atoms with Gasteiger partial charge >= 0.3 is 0 Å². The summed E-state index contributed by atoms with van der Waals surface area (Å²) in [6.45, 7) is 4.19. The zero-order valence-corrected chi connectivity index (χ0v) is 12.2. The first-order valence-electron chi connectivity index (χ1n) is 7.83. The predicted molar refractivity (Wildman–Crippen MR) is 80.8 cm³/mol. The van der Waals surface area contributed by atoms with Crippen molar-refractivity contribution in [2.45, 2.75) is 45.1 Å². The van der Waals surface area contributed by atoms with E-state index in [-0.39, 0.29) is 11.9 Å². The fraction of sp³-hybridized carbons (Fsp3) is 0.588. The van der Waals surface area contributed by atoms with Gasteiger partial charge in [0.05, 0.1) is 6.42 Å². The SMILES string of the molecule is CC1CCNCC1NC(=O)Cc1ccc2c(c1)CCC2. The fourth-order valence-corrected chi connectivity index (χ4v) is 3.36. The molecule has 2 unspecified atom stereocenters. The number of aryl methyl sites for hydroxylation is 2. The van der Waals surface area contributed by atoms with Gasteiger partial charge in [-0.15, -0.1) is 0 Å². The molecule has 2 aliphatic rings. The lowest BCUT2D eigenvalue weighted by atomic mass is 9.94. The van der Waals surface area contributed by atoms with Crippen LogP contribution in [0.1, 0.15) is 36.5 Å². The van der Waals surface area contributed by atoms with E-state index in [1.807, 2.05) is 0 Å². The van der Waals surface area contributed by atoms with Crippen molar-refractivity contribution in [3.05, 3.63) is 34.9 Å². The van der Waals surface area contributed by atoms with E-state index in [0.717, 1.165) is 25.1 Å². The van der Waals surface area contributed by atoms with Gasteiger partial charge in [-0.25, -0.2) is 0 Å². The lowest BCUT2D eigenvalue weighted by Gasteiger charge is -2.30. The fourth-order valence-electron chi connectivity index (χ4n) is 3.36. The Hall–Kier alpha value is -1.35. The number of carbonyl (C=O) groups is 1. The molecule has 0 saturated carbocycles. The zero-order chi connectivity index (χ0) is 13.9. The maximum absolute atomic E-state index is 12.2. The minimum Gasteiger partial charge on any atom is -0.352 e. The number of nitrogens with one attached hydrogen (secondary N) is 2. The Labute approximate surface area is 121 Å². The third-order valence-corrected chi connectivity index (χ3v) is 4.70. The van der Waals surface area contributed by atoms with Crippen LogP contribution in [-0.4, -0.2) is 25.0 Å². The van der Waals surface area contributed by atoms with Gasteiger partial charge in [0.2, 0.25) is 5.91 Å². The van der Waals surface area contributed by atoms with E-state index >= 15 is 0 Å². The number of benzene rings is 1. The van der Waals surface area contributed by atoms with Gasteiger partial charge < -0.3 is 10.6 Å². The smallest absolute Gasteiger partial charge is 0.224 e. The predicted octanol–water partition coefficient (Wildman–Crippen LogP) is 1.83. The standard InChI is InChI=1S/C17H24N2O/c1-12-7-8-18-11-16(12)19-17(20)10-13-5-6-14-3-2-4-15(14)9-13/h5-6,9,12,16,18H,2-4,7-8,10-11H2,1H3,(H,19,20). The summed E-state index contributed by atoms with van der Waals surface area (Å²) in [6.07, 6.45) is 5.29. The number of rotatable bonds is 3. The maximum atomic E-state index is 12.2. The molecule has 1 aromatic rings. The highest BCUT2D eigenvalue weighted by Crippen LogP contribution is 2.23. The number of fused-ring (bicyclic) bond motifs is 1. The van der Waals surface area contributed by atoms with Crippen LogP contribution in [0.4, 0.5) is 0 Å². The Bertz CT molecular complexity index is 498. The summed E-state index contributed by atoms with van der Waals surface area (Å²) in [6, 6.07) is 6.83. The molecular weight excluding hydrogens is 248 g/mol. The summed E-state index contributed by atoms with van der Waals surface area (Å²) in [7, 11) is 0. The van der Waals surface area contributed by atoms with Crippen molar-refractivity contribution in [2.24, 2.45) is 5.92 Å². The highest BCUT2D eigenvalue weighted by molar-refractivity contribution is 5.79. The van der Waals surface area contributed by atoms with Crippen LogP contribution in [0, 0.1) is 5.92 Å². The van der Waals surface area contributed by atoms with E-state index in [4.69, 9.17) is 0 Å². The van der Waals surface area contributed by atoms with E-state index in [2.05, 4.69) is 35.8 Å². The van der Waals surface area contributed by atoms with Crippen LogP contribution in [-0.2, 0) is 24.1 Å². The minimum absolute atomic E-state index is 0.156. The highest BCUT2D eigenvalue weighted by Gasteiger charge is 2.22. The van der Waals surface area contributed by atoms with E-state index in [1.54, 1.807) is 0 Å². The van der Waals surface area contributed by atoms with Crippen molar-refractivity contribution in [1.82, 2.24) is 10.6 Å². The molecule has 3 nitrogen and oxygen atoms in total. The van der Waals surface area contributed by atoms with E-state index in [1.165, 1.54) is 30.4 Å². The van der Waals surface area contributed by atoms with Crippen molar-refractivity contribution >= 4 is 5.91 Å². The van der Waals surface area contributed by atoms with Crippen LogP contribution in [0.2, 0.25) is 0 Å². The molecule has 1 amide bonds. The Balaban J connectivity index is 1.58.